The molecule has 1 saturated heterocycles. The Balaban J connectivity index is 2.20. The van der Waals surface area contributed by atoms with Gasteiger partial charge >= 0.3 is 0 Å². The summed E-state index contributed by atoms with van der Waals surface area (Å²) in [6.45, 7) is 17.5. The van der Waals surface area contributed by atoms with Gasteiger partial charge in [0.05, 0.1) is 16.1 Å². The lowest BCUT2D eigenvalue weighted by Gasteiger charge is -2.42. The Morgan fingerprint density at radius 2 is 1.32 bits per heavy atom. The van der Waals surface area contributed by atoms with E-state index in [1.54, 1.807) is 11.1 Å². The van der Waals surface area contributed by atoms with Crippen molar-refractivity contribution in [1.29, 1.82) is 0 Å². The van der Waals surface area contributed by atoms with E-state index in [2.05, 4.69) is 106 Å². The van der Waals surface area contributed by atoms with Crippen LogP contribution in [-0.2, 0) is 0 Å². The van der Waals surface area contributed by atoms with E-state index in [1.807, 2.05) is 9.64 Å². The molecule has 2 heterocycles. The van der Waals surface area contributed by atoms with Gasteiger partial charge in [-0.1, -0.05) is 134 Å². The SMILES string of the molecule is C=CC[Si]12CCCC[Si](C)(C)C1=C(c1ccccc1)C(c1ccccc1)=C2[Si](C)(C)C. The number of hydrogen-bond donors (Lipinski definition) is 0. The minimum absolute atomic E-state index is 1.23. The summed E-state index contributed by atoms with van der Waals surface area (Å²) in [6.07, 6.45) is 5.10. The topological polar surface area (TPSA) is 0 Å². The zero-order valence-corrected chi connectivity index (χ0v) is 23.1. The average Bonchev–Trinajstić information content (AvgIpc) is 2.98. The van der Waals surface area contributed by atoms with Gasteiger partial charge in [-0.15, -0.1) is 6.58 Å². The molecule has 0 saturated carbocycles. The molecule has 2 aromatic carbocycles. The van der Waals surface area contributed by atoms with Crippen LogP contribution in [0.1, 0.15) is 24.0 Å². The van der Waals surface area contributed by atoms with Crippen molar-refractivity contribution in [2.24, 2.45) is 0 Å². The van der Waals surface area contributed by atoms with E-state index >= 15 is 0 Å². The molecule has 3 heteroatoms. The van der Waals surface area contributed by atoms with Gasteiger partial charge in [-0.3, -0.25) is 0 Å². The first-order valence-corrected chi connectivity index (χ1v) is 21.1. The molecule has 2 aliphatic rings. The number of allylic oxidation sites excluding steroid dienone is 3. The minimum atomic E-state index is -1.83. The largest absolute Gasteiger partial charge is 0.106 e. The fourth-order valence-electron chi connectivity index (χ4n) is 6.64. The molecule has 0 radical (unpaired) electrons. The Labute approximate surface area is 192 Å². The molecule has 162 valence electrons. The summed E-state index contributed by atoms with van der Waals surface area (Å²) in [5.74, 6) is 0. The van der Waals surface area contributed by atoms with Crippen molar-refractivity contribution < 1.29 is 0 Å². The highest BCUT2D eigenvalue weighted by Gasteiger charge is 2.56. The van der Waals surface area contributed by atoms with Gasteiger partial charge in [-0.25, -0.2) is 0 Å². The van der Waals surface area contributed by atoms with Crippen LogP contribution in [0.3, 0.4) is 0 Å². The van der Waals surface area contributed by atoms with E-state index in [-0.39, 0.29) is 0 Å². The molecule has 0 N–H and O–H groups in total. The van der Waals surface area contributed by atoms with Crippen LogP contribution in [0.2, 0.25) is 50.9 Å². The third kappa shape index (κ3) is 3.85. The Morgan fingerprint density at radius 3 is 1.84 bits per heavy atom. The van der Waals surface area contributed by atoms with Gasteiger partial charge in [0.2, 0.25) is 0 Å². The van der Waals surface area contributed by atoms with Crippen molar-refractivity contribution >= 4 is 35.4 Å². The highest BCUT2D eigenvalue weighted by atomic mass is 28.4. The van der Waals surface area contributed by atoms with E-state index in [0.717, 1.165) is 0 Å². The van der Waals surface area contributed by atoms with Crippen molar-refractivity contribution in [3.8, 4) is 0 Å². The average molecular weight is 459 g/mol. The zero-order chi connectivity index (χ0) is 22.3. The molecule has 0 amide bonds. The van der Waals surface area contributed by atoms with Crippen molar-refractivity contribution in [2.75, 3.05) is 0 Å². The number of fused-ring (bicyclic) bond motifs is 1. The second-order valence-corrected chi connectivity index (χ2v) is 26.0. The van der Waals surface area contributed by atoms with Crippen LogP contribution < -0.4 is 0 Å². The maximum atomic E-state index is 4.32. The smallest absolute Gasteiger partial charge is 0.103 e. The highest BCUT2D eigenvalue weighted by Crippen LogP contribution is 2.58. The van der Waals surface area contributed by atoms with E-state index in [9.17, 15) is 0 Å². The second-order valence-electron chi connectivity index (χ2n) is 11.1. The van der Waals surface area contributed by atoms with Gasteiger partial charge < -0.3 is 0 Å². The molecule has 0 aliphatic carbocycles. The maximum Gasteiger partial charge on any atom is 0.106 e. The van der Waals surface area contributed by atoms with Crippen molar-refractivity contribution in [3.63, 3.8) is 0 Å². The van der Waals surface area contributed by atoms with Gasteiger partial charge in [0.25, 0.3) is 0 Å². The first kappa shape index (κ1) is 22.5. The van der Waals surface area contributed by atoms with Crippen molar-refractivity contribution in [2.45, 2.75) is 63.7 Å². The highest BCUT2D eigenvalue weighted by molar-refractivity contribution is 7.20. The van der Waals surface area contributed by atoms with E-state index in [1.165, 1.54) is 42.1 Å². The van der Waals surface area contributed by atoms with E-state index in [0.29, 0.717) is 0 Å². The molecule has 2 aliphatic heterocycles. The van der Waals surface area contributed by atoms with Crippen LogP contribution in [0.4, 0.5) is 0 Å². The lowest BCUT2D eigenvalue weighted by molar-refractivity contribution is 0.864. The first-order chi connectivity index (χ1) is 14.7. The van der Waals surface area contributed by atoms with Gasteiger partial charge in [-0.2, -0.15) is 0 Å². The molecule has 1 unspecified atom stereocenters. The summed E-state index contributed by atoms with van der Waals surface area (Å²) in [5.41, 5.74) is 6.18. The monoisotopic (exact) mass is 458 g/mol. The predicted molar refractivity (Wildman–Crippen MR) is 147 cm³/mol. The minimum Gasteiger partial charge on any atom is -0.103 e. The third-order valence-corrected chi connectivity index (χ3v) is 24.1. The molecule has 0 spiro atoms. The zero-order valence-electron chi connectivity index (χ0n) is 20.1. The standard InChI is InChI=1S/C28H38Si3/c1-7-20-31-22-15-14-21-30(5,6)28(31)26(24-18-12-9-13-19-24)25(27(31)29(2,3)4)23-16-10-8-11-17-23/h7-13,16-19H,1,14-15,20-22H2,2-6H3. The lowest BCUT2D eigenvalue weighted by atomic mass is 9.95. The maximum absolute atomic E-state index is 4.32. The second kappa shape index (κ2) is 8.34. The normalized spacial score (nSPS) is 23.5. The van der Waals surface area contributed by atoms with Crippen LogP contribution in [0.25, 0.3) is 11.1 Å². The summed E-state index contributed by atoms with van der Waals surface area (Å²) < 4.78 is 0. The molecule has 1 fully saturated rings. The lowest BCUT2D eigenvalue weighted by Crippen LogP contribution is -2.52. The first-order valence-electron chi connectivity index (χ1n) is 11.9. The number of rotatable bonds is 5. The van der Waals surface area contributed by atoms with Crippen LogP contribution in [0.15, 0.2) is 83.0 Å². The fourth-order valence-corrected chi connectivity index (χ4v) is 28.0. The molecule has 0 aromatic heterocycles. The van der Waals surface area contributed by atoms with Crippen LogP contribution >= 0.6 is 0 Å². The van der Waals surface area contributed by atoms with E-state index in [4.69, 9.17) is 0 Å². The Hall–Kier alpha value is -1.69. The quantitative estimate of drug-likeness (QED) is 0.311. The molecule has 0 bridgehead atoms. The Kier molecular flexibility index (Phi) is 6.06. The molecule has 4 rings (SSSR count). The molecule has 31 heavy (non-hydrogen) atoms. The molecule has 2 aromatic rings. The third-order valence-electron chi connectivity index (χ3n) is 7.41. The van der Waals surface area contributed by atoms with Crippen LogP contribution in [0.5, 0.6) is 0 Å². The molecular formula is C28H38Si3. The number of benzene rings is 2. The molecular weight excluding hydrogens is 421 g/mol. The summed E-state index contributed by atoms with van der Waals surface area (Å²) in [4.78, 5) is 3.90. The van der Waals surface area contributed by atoms with Gasteiger partial charge in [-0.05, 0) is 28.3 Å². The van der Waals surface area contributed by atoms with Gasteiger partial charge in [0.1, 0.15) is 8.07 Å². The summed E-state index contributed by atoms with van der Waals surface area (Å²) in [6, 6.07) is 26.8. The van der Waals surface area contributed by atoms with Crippen molar-refractivity contribution in [3.05, 3.63) is 94.1 Å². The predicted octanol–water partition coefficient (Wildman–Crippen LogP) is 8.54. The Morgan fingerprint density at radius 1 is 0.806 bits per heavy atom. The summed E-state index contributed by atoms with van der Waals surface area (Å²) in [5, 5.41) is 0. The van der Waals surface area contributed by atoms with E-state index < -0.39 is 24.2 Å². The van der Waals surface area contributed by atoms with Gasteiger partial charge in [0.15, 0.2) is 0 Å². The molecule has 0 nitrogen and oxygen atoms in total. The van der Waals surface area contributed by atoms with Crippen LogP contribution in [0, 0.1) is 0 Å². The fraction of sp³-hybridized carbons (Fsp3) is 0.357. The van der Waals surface area contributed by atoms with Gasteiger partial charge in [0, 0.05) is 0 Å². The van der Waals surface area contributed by atoms with Crippen molar-refractivity contribution in [1.82, 2.24) is 0 Å². The Bertz CT molecular complexity index is 1020. The number of hydrogen-bond acceptors (Lipinski definition) is 0. The summed E-state index contributed by atoms with van der Waals surface area (Å²) in [7, 11) is -4.95. The van der Waals surface area contributed by atoms with Crippen LogP contribution in [-0.4, -0.2) is 24.2 Å². The summed E-state index contributed by atoms with van der Waals surface area (Å²) >= 11 is 0. The molecule has 1 atom stereocenters.